The van der Waals surface area contributed by atoms with E-state index in [0.29, 0.717) is 24.7 Å². The highest BCUT2D eigenvalue weighted by Crippen LogP contribution is 2.15. The SMILES string of the molecule is CC(C)C1CN(C(=O)c2ccccn2)C(CO)CN1. The zero-order valence-electron chi connectivity index (χ0n) is 11.4. The van der Waals surface area contributed by atoms with Crippen LogP contribution in [0.1, 0.15) is 24.3 Å². The third-order valence-electron chi connectivity index (χ3n) is 3.61. The van der Waals surface area contributed by atoms with Crippen molar-refractivity contribution in [3.63, 3.8) is 0 Å². The Balaban J connectivity index is 2.16. The summed E-state index contributed by atoms with van der Waals surface area (Å²) in [6.07, 6.45) is 1.61. The second kappa shape index (κ2) is 6.12. The van der Waals surface area contributed by atoms with Crippen LogP contribution in [0.2, 0.25) is 0 Å². The molecule has 5 heteroatoms. The van der Waals surface area contributed by atoms with Gasteiger partial charge in [-0.15, -0.1) is 0 Å². The molecule has 5 nitrogen and oxygen atoms in total. The van der Waals surface area contributed by atoms with E-state index in [2.05, 4.69) is 24.1 Å². The zero-order chi connectivity index (χ0) is 13.8. The van der Waals surface area contributed by atoms with E-state index < -0.39 is 0 Å². The van der Waals surface area contributed by atoms with Crippen LogP contribution in [-0.4, -0.2) is 52.7 Å². The molecule has 2 unspecified atom stereocenters. The number of carbonyl (C=O) groups excluding carboxylic acids is 1. The highest BCUT2D eigenvalue weighted by molar-refractivity contribution is 5.92. The van der Waals surface area contributed by atoms with Crippen molar-refractivity contribution in [3.05, 3.63) is 30.1 Å². The molecule has 0 aromatic carbocycles. The summed E-state index contributed by atoms with van der Waals surface area (Å²) in [5, 5.41) is 12.8. The van der Waals surface area contributed by atoms with Crippen LogP contribution in [0.3, 0.4) is 0 Å². The number of hydrogen-bond donors (Lipinski definition) is 2. The number of aromatic nitrogens is 1. The van der Waals surface area contributed by atoms with Crippen molar-refractivity contribution < 1.29 is 9.90 Å². The Bertz CT molecular complexity index is 422. The van der Waals surface area contributed by atoms with Crippen molar-refractivity contribution in [2.45, 2.75) is 25.9 Å². The molecule has 0 saturated carbocycles. The largest absolute Gasteiger partial charge is 0.394 e. The van der Waals surface area contributed by atoms with Crippen LogP contribution in [0.15, 0.2) is 24.4 Å². The fraction of sp³-hybridized carbons (Fsp3) is 0.571. The van der Waals surface area contributed by atoms with Crippen molar-refractivity contribution in [3.8, 4) is 0 Å². The van der Waals surface area contributed by atoms with Crippen LogP contribution >= 0.6 is 0 Å². The summed E-state index contributed by atoms with van der Waals surface area (Å²) >= 11 is 0. The predicted molar refractivity (Wildman–Crippen MR) is 72.8 cm³/mol. The number of piperazine rings is 1. The fourth-order valence-corrected chi connectivity index (χ4v) is 2.32. The molecule has 1 aromatic heterocycles. The lowest BCUT2D eigenvalue weighted by Crippen LogP contribution is -2.60. The Labute approximate surface area is 113 Å². The second-order valence-electron chi connectivity index (χ2n) is 5.27. The zero-order valence-corrected chi connectivity index (χ0v) is 11.4. The van der Waals surface area contributed by atoms with Gasteiger partial charge in [-0.2, -0.15) is 0 Å². The number of nitrogens with one attached hydrogen (secondary N) is 1. The molecule has 0 radical (unpaired) electrons. The van der Waals surface area contributed by atoms with E-state index in [4.69, 9.17) is 0 Å². The number of carbonyl (C=O) groups is 1. The molecule has 0 spiro atoms. The molecule has 0 bridgehead atoms. The summed E-state index contributed by atoms with van der Waals surface area (Å²) in [5.41, 5.74) is 0.436. The van der Waals surface area contributed by atoms with E-state index in [1.165, 1.54) is 0 Å². The molecule has 1 aliphatic rings. The van der Waals surface area contributed by atoms with Gasteiger partial charge < -0.3 is 15.3 Å². The molecule has 2 N–H and O–H groups in total. The molecular formula is C14H21N3O2. The van der Waals surface area contributed by atoms with Crippen molar-refractivity contribution in [2.75, 3.05) is 19.7 Å². The molecule has 2 atom stereocenters. The van der Waals surface area contributed by atoms with Crippen molar-refractivity contribution in [1.82, 2.24) is 15.2 Å². The first-order valence-corrected chi connectivity index (χ1v) is 6.69. The standard InChI is InChI=1S/C14H21N3O2/c1-10(2)13-8-17(11(9-18)7-16-13)14(19)12-5-3-4-6-15-12/h3-6,10-11,13,16,18H,7-9H2,1-2H3. The number of amides is 1. The highest BCUT2D eigenvalue weighted by Gasteiger charge is 2.32. The minimum Gasteiger partial charge on any atom is -0.394 e. The quantitative estimate of drug-likeness (QED) is 0.834. The topological polar surface area (TPSA) is 65.5 Å². The summed E-state index contributed by atoms with van der Waals surface area (Å²) in [7, 11) is 0. The molecular weight excluding hydrogens is 242 g/mol. The maximum absolute atomic E-state index is 12.5. The predicted octanol–water partition coefficient (Wildman–Crippen LogP) is 0.513. The molecule has 2 rings (SSSR count). The van der Waals surface area contributed by atoms with E-state index in [1.54, 1.807) is 29.3 Å². The van der Waals surface area contributed by atoms with E-state index in [1.807, 2.05) is 0 Å². The first kappa shape index (κ1) is 14.0. The van der Waals surface area contributed by atoms with Crippen LogP contribution in [0, 0.1) is 5.92 Å². The lowest BCUT2D eigenvalue weighted by molar-refractivity contribution is 0.0429. The summed E-state index contributed by atoms with van der Waals surface area (Å²) in [5.74, 6) is 0.338. The van der Waals surface area contributed by atoms with E-state index in [9.17, 15) is 9.90 Å². The second-order valence-corrected chi connectivity index (χ2v) is 5.27. The monoisotopic (exact) mass is 263 g/mol. The van der Waals surface area contributed by atoms with E-state index >= 15 is 0 Å². The Morgan fingerprint density at radius 2 is 2.37 bits per heavy atom. The van der Waals surface area contributed by atoms with Gasteiger partial charge in [0.15, 0.2) is 0 Å². The Hall–Kier alpha value is -1.46. The number of hydrogen-bond acceptors (Lipinski definition) is 4. The summed E-state index contributed by atoms with van der Waals surface area (Å²) in [6.45, 7) is 5.45. The molecule has 1 fully saturated rings. The molecule has 104 valence electrons. The van der Waals surface area contributed by atoms with Crippen molar-refractivity contribution in [1.29, 1.82) is 0 Å². The third-order valence-corrected chi connectivity index (χ3v) is 3.61. The van der Waals surface area contributed by atoms with Crippen molar-refractivity contribution in [2.24, 2.45) is 5.92 Å². The Morgan fingerprint density at radius 1 is 1.58 bits per heavy atom. The van der Waals surface area contributed by atoms with Gasteiger partial charge in [0.25, 0.3) is 5.91 Å². The van der Waals surface area contributed by atoms with Crippen LogP contribution in [-0.2, 0) is 0 Å². The lowest BCUT2D eigenvalue weighted by Gasteiger charge is -2.41. The molecule has 0 aliphatic carbocycles. The van der Waals surface area contributed by atoms with Crippen LogP contribution in [0.5, 0.6) is 0 Å². The number of aliphatic hydroxyl groups is 1. The molecule has 1 saturated heterocycles. The lowest BCUT2D eigenvalue weighted by atomic mass is 9.99. The fourth-order valence-electron chi connectivity index (χ4n) is 2.32. The minimum absolute atomic E-state index is 0.0314. The maximum Gasteiger partial charge on any atom is 0.272 e. The molecule has 19 heavy (non-hydrogen) atoms. The summed E-state index contributed by atoms with van der Waals surface area (Å²) in [6, 6.07) is 5.38. The van der Waals surface area contributed by atoms with Gasteiger partial charge in [-0.25, -0.2) is 0 Å². The van der Waals surface area contributed by atoms with Gasteiger partial charge in [0, 0.05) is 25.3 Å². The van der Waals surface area contributed by atoms with Gasteiger partial charge in [-0.1, -0.05) is 19.9 Å². The van der Waals surface area contributed by atoms with Crippen molar-refractivity contribution >= 4 is 5.91 Å². The molecule has 2 heterocycles. The number of pyridine rings is 1. The average molecular weight is 263 g/mol. The van der Waals surface area contributed by atoms with Crippen LogP contribution < -0.4 is 5.32 Å². The van der Waals surface area contributed by atoms with E-state index in [0.717, 1.165) is 0 Å². The van der Waals surface area contributed by atoms with Gasteiger partial charge in [0.2, 0.25) is 0 Å². The van der Waals surface area contributed by atoms with Gasteiger partial charge in [-0.3, -0.25) is 9.78 Å². The van der Waals surface area contributed by atoms with Crippen LogP contribution in [0.25, 0.3) is 0 Å². The normalized spacial score (nSPS) is 23.7. The minimum atomic E-state index is -0.176. The first-order chi connectivity index (χ1) is 9.13. The molecule has 1 aliphatic heterocycles. The van der Waals surface area contributed by atoms with Gasteiger partial charge in [0.1, 0.15) is 5.69 Å². The highest BCUT2D eigenvalue weighted by atomic mass is 16.3. The summed E-state index contributed by atoms with van der Waals surface area (Å²) in [4.78, 5) is 18.3. The van der Waals surface area contributed by atoms with Gasteiger partial charge in [0.05, 0.1) is 12.6 Å². The Kier molecular flexibility index (Phi) is 4.50. The molecule has 1 amide bonds. The van der Waals surface area contributed by atoms with Gasteiger partial charge >= 0.3 is 0 Å². The Morgan fingerprint density at radius 3 is 2.95 bits per heavy atom. The smallest absolute Gasteiger partial charge is 0.272 e. The number of aliphatic hydroxyl groups excluding tert-OH is 1. The number of rotatable bonds is 3. The van der Waals surface area contributed by atoms with Gasteiger partial charge in [-0.05, 0) is 18.1 Å². The summed E-state index contributed by atoms with van der Waals surface area (Å²) < 4.78 is 0. The maximum atomic E-state index is 12.5. The van der Waals surface area contributed by atoms with Crippen LogP contribution in [0.4, 0.5) is 0 Å². The third kappa shape index (κ3) is 3.11. The first-order valence-electron chi connectivity index (χ1n) is 6.69. The number of nitrogens with zero attached hydrogens (tertiary/aromatic N) is 2. The molecule has 1 aromatic rings. The average Bonchev–Trinajstić information content (AvgIpc) is 2.46. The van der Waals surface area contributed by atoms with E-state index in [-0.39, 0.29) is 24.6 Å².